The van der Waals surface area contributed by atoms with Crippen molar-refractivity contribution in [3.63, 3.8) is 0 Å². The highest BCUT2D eigenvalue weighted by molar-refractivity contribution is 5.22. The van der Waals surface area contributed by atoms with Crippen LogP contribution in [0, 0.1) is 5.82 Å². The predicted molar refractivity (Wildman–Crippen MR) is 89.3 cm³/mol. The molecule has 1 aromatic carbocycles. The Morgan fingerprint density at radius 1 is 1.33 bits per heavy atom. The fourth-order valence-electron chi connectivity index (χ4n) is 3.13. The molecule has 6 heteroatoms. The van der Waals surface area contributed by atoms with Crippen molar-refractivity contribution in [2.75, 3.05) is 19.7 Å². The van der Waals surface area contributed by atoms with Crippen molar-refractivity contribution in [2.45, 2.75) is 38.5 Å². The van der Waals surface area contributed by atoms with Gasteiger partial charge in [0.15, 0.2) is 0 Å². The van der Waals surface area contributed by atoms with E-state index in [0.717, 1.165) is 31.6 Å². The molecule has 1 fully saturated rings. The molecule has 0 aliphatic carbocycles. The summed E-state index contributed by atoms with van der Waals surface area (Å²) < 4.78 is 20.5. The molecule has 0 amide bonds. The molecule has 1 saturated heterocycles. The van der Waals surface area contributed by atoms with Crippen molar-refractivity contribution in [2.24, 2.45) is 0 Å². The van der Waals surface area contributed by atoms with E-state index in [2.05, 4.69) is 16.9 Å². The van der Waals surface area contributed by atoms with Gasteiger partial charge in [-0.1, -0.05) is 0 Å². The van der Waals surface area contributed by atoms with Crippen molar-refractivity contribution < 1.29 is 14.2 Å². The van der Waals surface area contributed by atoms with E-state index in [1.807, 2.05) is 17.1 Å². The van der Waals surface area contributed by atoms with E-state index in [1.165, 1.54) is 12.1 Å². The van der Waals surface area contributed by atoms with Crippen LogP contribution in [0.3, 0.4) is 0 Å². The molecule has 3 rings (SSSR count). The van der Waals surface area contributed by atoms with Crippen LogP contribution in [0.2, 0.25) is 0 Å². The second-order valence-corrected chi connectivity index (χ2v) is 6.49. The average molecular weight is 333 g/mol. The van der Waals surface area contributed by atoms with Gasteiger partial charge in [0.05, 0.1) is 6.20 Å². The number of benzene rings is 1. The summed E-state index contributed by atoms with van der Waals surface area (Å²) in [6.07, 6.45) is 5.55. The normalized spacial score (nSPS) is 21.8. The Morgan fingerprint density at radius 3 is 2.83 bits per heavy atom. The van der Waals surface area contributed by atoms with Crippen molar-refractivity contribution in [1.82, 2.24) is 14.7 Å². The highest BCUT2D eigenvalue weighted by atomic mass is 19.1. The Bertz CT molecular complexity index is 659. The maximum Gasteiger partial charge on any atom is 0.123 e. The van der Waals surface area contributed by atoms with E-state index < -0.39 is 5.60 Å². The van der Waals surface area contributed by atoms with Crippen LogP contribution in [-0.4, -0.2) is 45.1 Å². The lowest BCUT2D eigenvalue weighted by molar-refractivity contribution is -0.0621. The van der Waals surface area contributed by atoms with E-state index in [0.29, 0.717) is 18.7 Å². The van der Waals surface area contributed by atoms with E-state index in [4.69, 9.17) is 4.74 Å². The minimum atomic E-state index is -0.882. The molecule has 0 saturated carbocycles. The summed E-state index contributed by atoms with van der Waals surface area (Å²) >= 11 is 0. The summed E-state index contributed by atoms with van der Waals surface area (Å²) in [6.45, 7) is 5.42. The molecule has 1 unspecified atom stereocenters. The predicted octanol–water partition coefficient (Wildman–Crippen LogP) is 2.45. The highest BCUT2D eigenvalue weighted by Crippen LogP contribution is 2.24. The first-order valence-electron chi connectivity index (χ1n) is 8.41. The molecule has 0 radical (unpaired) electrons. The molecule has 0 spiro atoms. The lowest BCUT2D eigenvalue weighted by Crippen LogP contribution is -2.51. The van der Waals surface area contributed by atoms with Crippen molar-refractivity contribution >= 4 is 0 Å². The standard InChI is InChI=1S/C18H24FN3O2/c1-2-22-12-15(10-20-22)11-21-9-3-8-18(23,13-21)14-24-17-6-4-16(19)5-7-17/h4-7,10,12,23H,2-3,8-9,11,13-14H2,1H3. The van der Waals surface area contributed by atoms with E-state index in [-0.39, 0.29) is 12.4 Å². The summed E-state index contributed by atoms with van der Waals surface area (Å²) in [5, 5.41) is 15.1. The fourth-order valence-corrected chi connectivity index (χ4v) is 3.13. The van der Waals surface area contributed by atoms with Crippen molar-refractivity contribution in [3.8, 4) is 5.75 Å². The van der Waals surface area contributed by atoms with E-state index in [1.54, 1.807) is 12.1 Å². The van der Waals surface area contributed by atoms with E-state index in [9.17, 15) is 9.50 Å². The molecule has 1 aliphatic rings. The van der Waals surface area contributed by atoms with Crippen molar-refractivity contribution in [3.05, 3.63) is 48.0 Å². The Balaban J connectivity index is 1.55. The van der Waals surface area contributed by atoms with Gasteiger partial charge in [-0.05, 0) is 50.6 Å². The summed E-state index contributed by atoms with van der Waals surface area (Å²) in [4.78, 5) is 2.23. The summed E-state index contributed by atoms with van der Waals surface area (Å²) in [5.74, 6) is 0.281. The molecule has 1 aromatic heterocycles. The molecule has 1 aliphatic heterocycles. The number of piperidine rings is 1. The van der Waals surface area contributed by atoms with Gasteiger partial charge >= 0.3 is 0 Å². The molecule has 5 nitrogen and oxygen atoms in total. The minimum absolute atomic E-state index is 0.212. The molecule has 2 heterocycles. The first-order valence-corrected chi connectivity index (χ1v) is 8.41. The minimum Gasteiger partial charge on any atom is -0.491 e. The van der Waals surface area contributed by atoms with Gasteiger partial charge in [-0.2, -0.15) is 5.10 Å². The zero-order valence-corrected chi connectivity index (χ0v) is 14.0. The largest absolute Gasteiger partial charge is 0.491 e. The zero-order chi connectivity index (χ0) is 17.0. The number of hydrogen-bond acceptors (Lipinski definition) is 4. The van der Waals surface area contributed by atoms with Crippen molar-refractivity contribution in [1.29, 1.82) is 0 Å². The molecule has 1 N–H and O–H groups in total. The number of aliphatic hydroxyl groups is 1. The van der Waals surface area contributed by atoms with Gasteiger partial charge in [0.25, 0.3) is 0 Å². The van der Waals surface area contributed by atoms with Gasteiger partial charge < -0.3 is 9.84 Å². The number of hydrogen-bond donors (Lipinski definition) is 1. The Morgan fingerprint density at radius 2 is 2.12 bits per heavy atom. The van der Waals surface area contributed by atoms with Crippen LogP contribution in [-0.2, 0) is 13.1 Å². The van der Waals surface area contributed by atoms with Gasteiger partial charge in [-0.15, -0.1) is 0 Å². The lowest BCUT2D eigenvalue weighted by atomic mass is 9.93. The number of halogens is 1. The number of likely N-dealkylation sites (tertiary alicyclic amines) is 1. The number of nitrogens with zero attached hydrogens (tertiary/aromatic N) is 3. The Labute approximate surface area is 141 Å². The summed E-state index contributed by atoms with van der Waals surface area (Å²) in [5.41, 5.74) is 0.272. The molecule has 2 aromatic rings. The first kappa shape index (κ1) is 16.9. The number of ether oxygens (including phenoxy) is 1. The third-order valence-electron chi connectivity index (χ3n) is 4.37. The topological polar surface area (TPSA) is 50.5 Å². The second kappa shape index (κ2) is 7.32. The van der Waals surface area contributed by atoms with Crippen LogP contribution in [0.4, 0.5) is 4.39 Å². The Kier molecular flexibility index (Phi) is 5.16. The maximum atomic E-state index is 12.9. The van der Waals surface area contributed by atoms with Gasteiger partial charge in [-0.3, -0.25) is 9.58 Å². The summed E-state index contributed by atoms with van der Waals surface area (Å²) in [6, 6.07) is 5.88. The molecular formula is C18H24FN3O2. The Hall–Kier alpha value is -1.92. The molecule has 24 heavy (non-hydrogen) atoms. The third-order valence-corrected chi connectivity index (χ3v) is 4.37. The quantitative estimate of drug-likeness (QED) is 0.882. The van der Waals surface area contributed by atoms with Gasteiger partial charge in [-0.25, -0.2) is 4.39 Å². The van der Waals surface area contributed by atoms with Crippen LogP contribution in [0.15, 0.2) is 36.7 Å². The lowest BCUT2D eigenvalue weighted by Gasteiger charge is -2.38. The molecule has 130 valence electrons. The first-order chi connectivity index (χ1) is 11.6. The molecule has 0 bridgehead atoms. The van der Waals surface area contributed by atoms with Gasteiger partial charge in [0, 0.05) is 31.4 Å². The van der Waals surface area contributed by atoms with Crippen LogP contribution in [0.25, 0.3) is 0 Å². The number of aromatic nitrogens is 2. The van der Waals surface area contributed by atoms with Crippen LogP contribution in [0.5, 0.6) is 5.75 Å². The van der Waals surface area contributed by atoms with Crippen LogP contribution < -0.4 is 4.74 Å². The molecular weight excluding hydrogens is 309 g/mol. The van der Waals surface area contributed by atoms with Gasteiger partial charge in [0.2, 0.25) is 0 Å². The number of β-amino-alcohol motifs (C(OH)–C–C–N with tert-alkyl or cyclic N) is 1. The summed E-state index contributed by atoms with van der Waals surface area (Å²) in [7, 11) is 0. The van der Waals surface area contributed by atoms with Gasteiger partial charge in [0.1, 0.15) is 23.8 Å². The fraction of sp³-hybridized carbons (Fsp3) is 0.500. The SMILES string of the molecule is CCn1cc(CN2CCCC(O)(COc3ccc(F)cc3)C2)cn1. The zero-order valence-electron chi connectivity index (χ0n) is 14.0. The van der Waals surface area contributed by atoms with Crippen LogP contribution in [0.1, 0.15) is 25.3 Å². The highest BCUT2D eigenvalue weighted by Gasteiger charge is 2.34. The smallest absolute Gasteiger partial charge is 0.123 e. The number of aryl methyl sites for hydroxylation is 1. The number of rotatable bonds is 6. The maximum absolute atomic E-state index is 12.9. The monoisotopic (exact) mass is 333 g/mol. The second-order valence-electron chi connectivity index (χ2n) is 6.49. The van der Waals surface area contributed by atoms with Crippen LogP contribution >= 0.6 is 0 Å². The van der Waals surface area contributed by atoms with E-state index >= 15 is 0 Å². The third kappa shape index (κ3) is 4.33. The average Bonchev–Trinajstić information content (AvgIpc) is 3.02. The molecule has 1 atom stereocenters.